The molecule has 2 N–H and O–H groups in total. The third kappa shape index (κ3) is 4.64. The van der Waals surface area contributed by atoms with E-state index >= 15 is 0 Å². The first-order valence-corrected chi connectivity index (χ1v) is 12.6. The highest BCUT2D eigenvalue weighted by atomic mass is 35.5. The van der Waals surface area contributed by atoms with E-state index in [2.05, 4.69) is 17.4 Å². The number of nitrogens with zero attached hydrogens (tertiary/aromatic N) is 3. The van der Waals surface area contributed by atoms with Crippen molar-refractivity contribution < 1.29 is 14.7 Å². The molecule has 8 heteroatoms. The molecule has 7 nitrogen and oxygen atoms in total. The minimum absolute atomic E-state index is 0.143. The summed E-state index contributed by atoms with van der Waals surface area (Å²) >= 11 is 6.29. The van der Waals surface area contributed by atoms with E-state index in [0.717, 1.165) is 56.8 Å². The van der Waals surface area contributed by atoms with Crippen LogP contribution in [0.1, 0.15) is 54.5 Å². The predicted octanol–water partition coefficient (Wildman–Crippen LogP) is 3.95. The third-order valence-electron chi connectivity index (χ3n) is 7.51. The fraction of sp³-hybridized carbons (Fsp3) is 0.500. The number of anilines is 1. The highest BCUT2D eigenvalue weighted by Gasteiger charge is 2.39. The Bertz CT molecular complexity index is 1070. The first kappa shape index (κ1) is 23.1. The molecule has 0 saturated carbocycles. The molecule has 1 aromatic carbocycles. The normalized spacial score (nSPS) is 22.1. The summed E-state index contributed by atoms with van der Waals surface area (Å²) < 4.78 is 0. The molecule has 1 aromatic heterocycles. The van der Waals surface area contributed by atoms with Crippen molar-refractivity contribution in [3.8, 4) is 0 Å². The first-order chi connectivity index (χ1) is 16.5. The number of aryl methyl sites for hydroxylation is 1. The molecule has 2 aromatic rings. The van der Waals surface area contributed by atoms with Crippen molar-refractivity contribution in [1.82, 2.24) is 14.8 Å². The molecule has 0 aliphatic carbocycles. The van der Waals surface area contributed by atoms with Crippen LogP contribution in [-0.4, -0.2) is 64.5 Å². The van der Waals surface area contributed by atoms with Gasteiger partial charge in [0, 0.05) is 49.4 Å². The van der Waals surface area contributed by atoms with Gasteiger partial charge in [-0.2, -0.15) is 0 Å². The minimum atomic E-state index is -0.936. The lowest BCUT2D eigenvalue weighted by atomic mass is 9.91. The Hall–Kier alpha value is -2.64. The Kier molecular flexibility index (Phi) is 6.75. The van der Waals surface area contributed by atoms with Gasteiger partial charge in [0.15, 0.2) is 0 Å². The number of pyridine rings is 1. The Balaban J connectivity index is 1.19. The number of benzene rings is 1. The van der Waals surface area contributed by atoms with Crippen LogP contribution in [0.2, 0.25) is 5.02 Å². The number of aliphatic carboxylic acids is 1. The molecule has 180 valence electrons. The Morgan fingerprint density at radius 1 is 1.09 bits per heavy atom. The van der Waals surface area contributed by atoms with Gasteiger partial charge in [-0.15, -0.1) is 0 Å². The van der Waals surface area contributed by atoms with Crippen molar-refractivity contribution in [2.45, 2.75) is 44.1 Å². The number of aromatic nitrogens is 1. The lowest BCUT2D eigenvalue weighted by Gasteiger charge is -2.34. The number of carboxylic acid groups (broad SMARTS) is 1. The van der Waals surface area contributed by atoms with Gasteiger partial charge in [0.05, 0.1) is 5.92 Å². The van der Waals surface area contributed by atoms with Crippen LogP contribution in [0.4, 0.5) is 5.82 Å². The van der Waals surface area contributed by atoms with Crippen LogP contribution in [0.15, 0.2) is 36.4 Å². The second kappa shape index (κ2) is 9.92. The molecule has 3 aliphatic rings. The molecule has 2 fully saturated rings. The summed E-state index contributed by atoms with van der Waals surface area (Å²) in [5.74, 6) is 0.430. The number of piperidine rings is 1. The lowest BCUT2D eigenvalue weighted by molar-refractivity contribution is -0.144. The molecular weight excluding hydrogens is 452 g/mol. The summed E-state index contributed by atoms with van der Waals surface area (Å²) in [6, 6.07) is 10.6. The number of halogens is 1. The van der Waals surface area contributed by atoms with Crippen LogP contribution >= 0.6 is 11.6 Å². The molecule has 0 spiro atoms. The fourth-order valence-electron chi connectivity index (χ4n) is 5.63. The number of rotatable bonds is 5. The van der Waals surface area contributed by atoms with Gasteiger partial charge >= 0.3 is 5.97 Å². The molecule has 0 radical (unpaired) electrons. The number of carbonyl (C=O) groups is 2. The number of amides is 1. The molecule has 0 bridgehead atoms. The highest BCUT2D eigenvalue weighted by molar-refractivity contribution is 6.31. The summed E-state index contributed by atoms with van der Waals surface area (Å²) in [5.41, 5.74) is 3.00. The van der Waals surface area contributed by atoms with Crippen LogP contribution in [0, 0.1) is 5.92 Å². The monoisotopic (exact) mass is 482 g/mol. The first-order valence-electron chi connectivity index (χ1n) is 12.2. The van der Waals surface area contributed by atoms with Crippen molar-refractivity contribution >= 4 is 29.3 Å². The Morgan fingerprint density at radius 2 is 1.88 bits per heavy atom. The minimum Gasteiger partial charge on any atom is -0.480 e. The maximum absolute atomic E-state index is 13.3. The number of carboxylic acids is 1. The highest BCUT2D eigenvalue weighted by Crippen LogP contribution is 2.34. The second-order valence-electron chi connectivity index (χ2n) is 9.62. The summed E-state index contributed by atoms with van der Waals surface area (Å²) in [6.07, 6.45) is 4.72. The maximum atomic E-state index is 13.3. The average Bonchev–Trinajstić information content (AvgIpc) is 3.34. The van der Waals surface area contributed by atoms with Crippen molar-refractivity contribution in [3.63, 3.8) is 0 Å². The molecule has 1 amide bonds. The zero-order valence-corrected chi connectivity index (χ0v) is 20.0. The Labute approximate surface area is 205 Å². The van der Waals surface area contributed by atoms with Crippen molar-refractivity contribution in [3.05, 3.63) is 58.2 Å². The van der Waals surface area contributed by atoms with E-state index in [1.165, 1.54) is 5.56 Å². The second-order valence-corrected chi connectivity index (χ2v) is 10.0. The number of hydrogen-bond acceptors (Lipinski definition) is 5. The summed E-state index contributed by atoms with van der Waals surface area (Å²) in [7, 11) is 0. The van der Waals surface area contributed by atoms with E-state index in [1.807, 2.05) is 9.80 Å². The smallest absolute Gasteiger partial charge is 0.325 e. The van der Waals surface area contributed by atoms with Crippen LogP contribution < -0.4 is 5.32 Å². The van der Waals surface area contributed by atoms with E-state index in [0.29, 0.717) is 36.0 Å². The number of nitrogens with one attached hydrogen (secondary N) is 1. The Morgan fingerprint density at radius 3 is 2.65 bits per heavy atom. The van der Waals surface area contributed by atoms with Gasteiger partial charge in [0.25, 0.3) is 0 Å². The summed E-state index contributed by atoms with van der Waals surface area (Å²) in [4.78, 5) is 34.1. The molecule has 34 heavy (non-hydrogen) atoms. The number of fused-ring (bicyclic) bond motifs is 1. The van der Waals surface area contributed by atoms with E-state index in [1.54, 1.807) is 24.3 Å². The fourth-order valence-corrected chi connectivity index (χ4v) is 5.87. The van der Waals surface area contributed by atoms with Gasteiger partial charge in [-0.05, 0) is 55.4 Å². The largest absolute Gasteiger partial charge is 0.480 e. The van der Waals surface area contributed by atoms with E-state index < -0.39 is 12.0 Å². The van der Waals surface area contributed by atoms with E-state index in [9.17, 15) is 14.7 Å². The van der Waals surface area contributed by atoms with Crippen LogP contribution in [0.3, 0.4) is 0 Å². The topological polar surface area (TPSA) is 85.8 Å². The van der Waals surface area contributed by atoms with Crippen molar-refractivity contribution in [1.29, 1.82) is 0 Å². The zero-order valence-electron chi connectivity index (χ0n) is 19.3. The standard InChI is InChI=1S/C26H31ClN4O3/c27-21-6-2-1-5-20(21)23(26(33)34)31-15-11-19(16-31)25(32)30-13-9-17(10-14-30)22-8-7-18-4-3-12-28-24(18)29-22/h1-2,5-8,17,19,23H,3-4,9-16H2,(H,28,29)(H,33,34)/t19-,23?/m1/s1. The van der Waals surface area contributed by atoms with Gasteiger partial charge < -0.3 is 15.3 Å². The van der Waals surface area contributed by atoms with Crippen LogP contribution in [0.25, 0.3) is 0 Å². The summed E-state index contributed by atoms with van der Waals surface area (Å²) in [6.45, 7) is 3.44. The molecule has 2 saturated heterocycles. The van der Waals surface area contributed by atoms with Crippen molar-refractivity contribution in [2.24, 2.45) is 5.92 Å². The third-order valence-corrected chi connectivity index (χ3v) is 7.85. The zero-order chi connectivity index (χ0) is 23.7. The quantitative estimate of drug-likeness (QED) is 0.671. The van der Waals surface area contributed by atoms with Gasteiger partial charge in [-0.1, -0.05) is 35.9 Å². The summed E-state index contributed by atoms with van der Waals surface area (Å²) in [5, 5.41) is 13.7. The lowest BCUT2D eigenvalue weighted by Crippen LogP contribution is -2.42. The van der Waals surface area contributed by atoms with Gasteiger partial charge in [-0.25, -0.2) is 4.98 Å². The van der Waals surface area contributed by atoms with Crippen molar-refractivity contribution in [2.75, 3.05) is 38.0 Å². The van der Waals surface area contributed by atoms with Crippen LogP contribution in [-0.2, 0) is 16.0 Å². The maximum Gasteiger partial charge on any atom is 0.325 e. The molecule has 4 heterocycles. The molecule has 5 rings (SSSR count). The number of carbonyl (C=O) groups excluding carboxylic acids is 1. The molecule has 1 unspecified atom stereocenters. The van der Waals surface area contributed by atoms with E-state index in [-0.39, 0.29) is 11.8 Å². The van der Waals surface area contributed by atoms with Crippen LogP contribution in [0.5, 0.6) is 0 Å². The predicted molar refractivity (Wildman–Crippen MR) is 131 cm³/mol. The molecule has 2 atom stereocenters. The SMILES string of the molecule is O=C(O)C(c1ccccc1Cl)N1CC[C@@H](C(=O)N2CCC(c3ccc4c(n3)NCCC4)CC2)C1. The molecule has 3 aliphatic heterocycles. The number of likely N-dealkylation sites (tertiary alicyclic amines) is 2. The van der Waals surface area contributed by atoms with Gasteiger partial charge in [0.1, 0.15) is 11.9 Å². The van der Waals surface area contributed by atoms with Gasteiger partial charge in [0.2, 0.25) is 5.91 Å². The molecular formula is C26H31ClN4O3. The van der Waals surface area contributed by atoms with E-state index in [4.69, 9.17) is 16.6 Å². The van der Waals surface area contributed by atoms with Gasteiger partial charge in [-0.3, -0.25) is 14.5 Å². The number of hydrogen-bond donors (Lipinski definition) is 2. The average molecular weight is 483 g/mol.